The number of hydrogen-bond donors (Lipinski definition) is 0. The van der Waals surface area contributed by atoms with E-state index in [2.05, 4.69) is 6.92 Å². The number of carbonyl (C=O) groups is 1. The van der Waals surface area contributed by atoms with Crippen LogP contribution in [0, 0.1) is 0 Å². The number of para-hydroxylation sites is 1. The lowest BCUT2D eigenvalue weighted by Crippen LogP contribution is -2.26. The van der Waals surface area contributed by atoms with Crippen LogP contribution in [0.2, 0.25) is 10.0 Å². The lowest BCUT2D eigenvalue weighted by molar-refractivity contribution is -0.113. The van der Waals surface area contributed by atoms with Crippen molar-refractivity contribution in [1.82, 2.24) is 0 Å². The van der Waals surface area contributed by atoms with Gasteiger partial charge >= 0.3 is 0 Å². The molecule has 22 heavy (non-hydrogen) atoms. The van der Waals surface area contributed by atoms with Crippen molar-refractivity contribution < 1.29 is 4.79 Å². The van der Waals surface area contributed by atoms with Crippen LogP contribution in [0.4, 0.5) is 5.69 Å². The number of fused-ring (bicyclic) bond motifs is 1. The van der Waals surface area contributed by atoms with E-state index < -0.39 is 0 Å². The van der Waals surface area contributed by atoms with Crippen molar-refractivity contribution in [1.29, 1.82) is 0 Å². The van der Waals surface area contributed by atoms with Gasteiger partial charge < -0.3 is 4.90 Å². The highest BCUT2D eigenvalue weighted by molar-refractivity contribution is 6.38. The minimum absolute atomic E-state index is 0.0223. The van der Waals surface area contributed by atoms with Crippen LogP contribution in [0.25, 0.3) is 11.6 Å². The first-order valence-corrected chi connectivity index (χ1v) is 7.95. The molecule has 1 aliphatic rings. The number of hydrogen-bond acceptors (Lipinski definition) is 1. The first-order chi connectivity index (χ1) is 10.6. The van der Waals surface area contributed by atoms with E-state index in [0.29, 0.717) is 22.2 Å². The largest absolute Gasteiger partial charge is 0.308 e. The number of nitrogens with zero attached hydrogens (tertiary/aromatic N) is 1. The Balaban J connectivity index is 2.10. The van der Waals surface area contributed by atoms with Crippen molar-refractivity contribution in [3.63, 3.8) is 0 Å². The van der Waals surface area contributed by atoms with Gasteiger partial charge in [-0.2, -0.15) is 0 Å². The average Bonchev–Trinajstić information content (AvgIpc) is 2.76. The standard InChI is InChI=1S/C18H15Cl2NO/c1-2-9-21-17-6-4-3-5-14(17)15(18(21)22)10-12-7-8-13(19)11-16(12)20/h3-8,10-11H,2,9H2,1H3/b15-10-. The molecule has 0 saturated heterocycles. The maximum atomic E-state index is 12.7. The molecule has 0 fully saturated rings. The maximum absolute atomic E-state index is 12.7. The molecule has 0 aliphatic carbocycles. The summed E-state index contributed by atoms with van der Waals surface area (Å²) < 4.78 is 0. The Morgan fingerprint density at radius 3 is 2.64 bits per heavy atom. The molecule has 2 nitrogen and oxygen atoms in total. The van der Waals surface area contributed by atoms with Crippen LogP contribution >= 0.6 is 23.2 Å². The molecule has 112 valence electrons. The van der Waals surface area contributed by atoms with E-state index in [1.807, 2.05) is 41.3 Å². The predicted octanol–water partition coefficient (Wildman–Crippen LogP) is 5.29. The molecule has 0 unspecified atom stereocenters. The SMILES string of the molecule is CCCN1C(=O)/C(=C\c2ccc(Cl)cc2Cl)c2ccccc21. The second-order valence-electron chi connectivity index (χ2n) is 5.20. The van der Waals surface area contributed by atoms with Crippen molar-refractivity contribution in [3.05, 3.63) is 63.6 Å². The molecule has 0 saturated carbocycles. The Morgan fingerprint density at radius 2 is 1.91 bits per heavy atom. The number of rotatable bonds is 3. The lowest BCUT2D eigenvalue weighted by Gasteiger charge is -2.15. The topological polar surface area (TPSA) is 20.3 Å². The van der Waals surface area contributed by atoms with Crippen LogP contribution in [0.3, 0.4) is 0 Å². The summed E-state index contributed by atoms with van der Waals surface area (Å²) in [5, 5.41) is 1.12. The van der Waals surface area contributed by atoms with E-state index in [0.717, 1.165) is 23.2 Å². The third-order valence-electron chi connectivity index (χ3n) is 3.67. The zero-order valence-corrected chi connectivity index (χ0v) is 13.7. The highest BCUT2D eigenvalue weighted by Crippen LogP contribution is 2.38. The predicted molar refractivity (Wildman–Crippen MR) is 93.4 cm³/mol. The summed E-state index contributed by atoms with van der Waals surface area (Å²) in [6.45, 7) is 2.77. The fourth-order valence-corrected chi connectivity index (χ4v) is 3.13. The van der Waals surface area contributed by atoms with Gasteiger partial charge in [-0.1, -0.05) is 54.4 Å². The quantitative estimate of drug-likeness (QED) is 0.699. The third-order valence-corrected chi connectivity index (χ3v) is 4.23. The van der Waals surface area contributed by atoms with Crippen LogP contribution in [0.15, 0.2) is 42.5 Å². The maximum Gasteiger partial charge on any atom is 0.258 e. The molecule has 0 aromatic heterocycles. The second kappa shape index (κ2) is 6.15. The summed E-state index contributed by atoms with van der Waals surface area (Å²) in [4.78, 5) is 14.5. The fourth-order valence-electron chi connectivity index (χ4n) is 2.67. The Morgan fingerprint density at radius 1 is 1.14 bits per heavy atom. The zero-order valence-electron chi connectivity index (χ0n) is 12.1. The van der Waals surface area contributed by atoms with Gasteiger partial charge in [-0.25, -0.2) is 0 Å². The van der Waals surface area contributed by atoms with Gasteiger partial charge in [-0.05, 0) is 36.3 Å². The molecule has 0 N–H and O–H groups in total. The van der Waals surface area contributed by atoms with Gasteiger partial charge in [0.05, 0.1) is 5.69 Å². The van der Waals surface area contributed by atoms with Crippen molar-refractivity contribution in [2.24, 2.45) is 0 Å². The van der Waals surface area contributed by atoms with E-state index >= 15 is 0 Å². The Bertz CT molecular complexity index is 767. The van der Waals surface area contributed by atoms with Crippen LogP contribution in [0.1, 0.15) is 24.5 Å². The van der Waals surface area contributed by atoms with Gasteiger partial charge in [0.1, 0.15) is 0 Å². The van der Waals surface area contributed by atoms with E-state index in [1.54, 1.807) is 12.1 Å². The number of anilines is 1. The molecule has 0 atom stereocenters. The number of carbonyl (C=O) groups excluding carboxylic acids is 1. The molecule has 0 bridgehead atoms. The monoisotopic (exact) mass is 331 g/mol. The van der Waals surface area contributed by atoms with E-state index in [1.165, 1.54) is 0 Å². The summed E-state index contributed by atoms with van der Waals surface area (Å²) >= 11 is 12.2. The highest BCUT2D eigenvalue weighted by Gasteiger charge is 2.31. The third kappa shape index (κ3) is 2.65. The first kappa shape index (κ1) is 15.1. The molecule has 0 spiro atoms. The zero-order chi connectivity index (χ0) is 15.7. The van der Waals surface area contributed by atoms with Gasteiger partial charge in [0.25, 0.3) is 5.91 Å². The fraction of sp³-hybridized carbons (Fsp3) is 0.167. The molecular formula is C18H15Cl2NO. The highest BCUT2D eigenvalue weighted by atomic mass is 35.5. The second-order valence-corrected chi connectivity index (χ2v) is 6.04. The Labute approximate surface area is 140 Å². The van der Waals surface area contributed by atoms with Crippen molar-refractivity contribution in [2.45, 2.75) is 13.3 Å². The van der Waals surface area contributed by atoms with Gasteiger partial charge in [-0.15, -0.1) is 0 Å². The lowest BCUT2D eigenvalue weighted by atomic mass is 10.0. The van der Waals surface area contributed by atoms with Gasteiger partial charge in [-0.3, -0.25) is 4.79 Å². The molecule has 2 aromatic rings. The summed E-state index contributed by atoms with van der Waals surface area (Å²) in [6, 6.07) is 13.1. The summed E-state index contributed by atoms with van der Waals surface area (Å²) in [5.74, 6) is 0.0223. The minimum Gasteiger partial charge on any atom is -0.308 e. The molecule has 4 heteroatoms. The van der Waals surface area contributed by atoms with Crippen LogP contribution in [0.5, 0.6) is 0 Å². The van der Waals surface area contributed by atoms with Crippen molar-refractivity contribution in [3.8, 4) is 0 Å². The first-order valence-electron chi connectivity index (χ1n) is 7.20. The summed E-state index contributed by atoms with van der Waals surface area (Å²) in [5.41, 5.74) is 3.38. The number of halogens is 2. The van der Waals surface area contributed by atoms with Crippen LogP contribution in [-0.2, 0) is 4.79 Å². The molecule has 3 rings (SSSR count). The normalized spacial score (nSPS) is 15.5. The smallest absolute Gasteiger partial charge is 0.258 e. The van der Waals surface area contributed by atoms with Crippen molar-refractivity contribution >= 4 is 46.4 Å². The minimum atomic E-state index is 0.0223. The molecule has 1 amide bonds. The number of benzene rings is 2. The van der Waals surface area contributed by atoms with Gasteiger partial charge in [0.15, 0.2) is 0 Å². The van der Waals surface area contributed by atoms with Crippen LogP contribution < -0.4 is 4.90 Å². The van der Waals surface area contributed by atoms with E-state index in [-0.39, 0.29) is 5.91 Å². The average molecular weight is 332 g/mol. The number of amides is 1. The molecule has 1 heterocycles. The van der Waals surface area contributed by atoms with E-state index in [9.17, 15) is 4.79 Å². The Hall–Kier alpha value is -1.77. The molecule has 0 radical (unpaired) electrons. The molecule has 1 aliphatic heterocycles. The Kier molecular flexibility index (Phi) is 4.23. The summed E-state index contributed by atoms with van der Waals surface area (Å²) in [7, 11) is 0. The summed E-state index contributed by atoms with van der Waals surface area (Å²) in [6.07, 6.45) is 2.75. The van der Waals surface area contributed by atoms with Crippen LogP contribution in [-0.4, -0.2) is 12.5 Å². The van der Waals surface area contributed by atoms with Gasteiger partial charge in [0.2, 0.25) is 0 Å². The van der Waals surface area contributed by atoms with Crippen molar-refractivity contribution in [2.75, 3.05) is 11.4 Å². The van der Waals surface area contributed by atoms with Gasteiger partial charge in [0, 0.05) is 27.7 Å². The molecule has 2 aromatic carbocycles. The molecular weight excluding hydrogens is 317 g/mol. The van der Waals surface area contributed by atoms with E-state index in [4.69, 9.17) is 23.2 Å².